The second-order valence-corrected chi connectivity index (χ2v) is 7.60. The van der Waals surface area contributed by atoms with Crippen molar-refractivity contribution < 1.29 is 17.9 Å². The van der Waals surface area contributed by atoms with E-state index in [1.165, 1.54) is 12.1 Å². The summed E-state index contributed by atoms with van der Waals surface area (Å²) in [5.74, 6) is 1.74. The van der Waals surface area contributed by atoms with Crippen LogP contribution in [0.2, 0.25) is 0 Å². The number of benzene rings is 2. The Bertz CT molecular complexity index is 931. The van der Waals surface area contributed by atoms with E-state index in [0.717, 1.165) is 17.1 Å². The van der Waals surface area contributed by atoms with Gasteiger partial charge in [0.2, 0.25) is 12.8 Å². The van der Waals surface area contributed by atoms with Gasteiger partial charge in [-0.3, -0.25) is 4.90 Å². The van der Waals surface area contributed by atoms with Gasteiger partial charge in [0, 0.05) is 6.54 Å². The fraction of sp³-hybridized carbons (Fsp3) is 0.235. The Morgan fingerprint density at radius 2 is 1.92 bits per heavy atom. The first-order valence-electron chi connectivity index (χ1n) is 8.07. The Kier molecular flexibility index (Phi) is 4.39. The average Bonchev–Trinajstić information content (AvgIpc) is 3.12. The van der Waals surface area contributed by atoms with E-state index in [4.69, 9.17) is 9.47 Å². The summed E-state index contributed by atoms with van der Waals surface area (Å²) in [6, 6.07) is 14.0. The van der Waals surface area contributed by atoms with Gasteiger partial charge in [-0.1, -0.05) is 24.3 Å². The zero-order chi connectivity index (χ0) is 18.0. The quantitative estimate of drug-likeness (QED) is 0.832. The molecule has 0 fully saturated rings. The number of aliphatic imine (C=N–C) groups is 1. The van der Waals surface area contributed by atoms with E-state index in [1.807, 2.05) is 23.1 Å². The number of nitrogens with zero attached hydrogens (tertiary/aromatic N) is 2. The van der Waals surface area contributed by atoms with Gasteiger partial charge in [-0.25, -0.2) is 18.1 Å². The SMILES string of the molecule is O=S(=O)(NC1=NCN(Cc2ccc3c(c2)OCO3)CN1)c1ccccc1. The number of sulfonamides is 1. The molecule has 0 aromatic heterocycles. The maximum Gasteiger partial charge on any atom is 0.264 e. The molecule has 0 saturated heterocycles. The number of fused-ring (bicyclic) bond motifs is 1. The van der Waals surface area contributed by atoms with Crippen LogP contribution in [0.3, 0.4) is 0 Å². The van der Waals surface area contributed by atoms with Crippen molar-refractivity contribution in [3.63, 3.8) is 0 Å². The van der Waals surface area contributed by atoms with E-state index >= 15 is 0 Å². The van der Waals surface area contributed by atoms with Crippen molar-refractivity contribution in [2.45, 2.75) is 11.4 Å². The lowest BCUT2D eigenvalue weighted by atomic mass is 10.2. The highest BCUT2D eigenvalue weighted by molar-refractivity contribution is 7.90. The maximum atomic E-state index is 12.3. The molecule has 0 bridgehead atoms. The van der Waals surface area contributed by atoms with Crippen LogP contribution in [0.1, 0.15) is 5.56 Å². The van der Waals surface area contributed by atoms with Gasteiger partial charge >= 0.3 is 0 Å². The van der Waals surface area contributed by atoms with Gasteiger partial charge in [0.25, 0.3) is 10.0 Å². The Morgan fingerprint density at radius 1 is 1.12 bits per heavy atom. The smallest absolute Gasteiger partial charge is 0.264 e. The van der Waals surface area contributed by atoms with Gasteiger partial charge in [0.1, 0.15) is 0 Å². The van der Waals surface area contributed by atoms with E-state index in [0.29, 0.717) is 19.9 Å². The van der Waals surface area contributed by atoms with Crippen molar-refractivity contribution >= 4 is 16.0 Å². The molecule has 2 aromatic carbocycles. The molecule has 2 aliphatic heterocycles. The first kappa shape index (κ1) is 16.7. The normalized spacial score (nSPS) is 16.7. The number of rotatable bonds is 4. The fourth-order valence-electron chi connectivity index (χ4n) is 2.72. The summed E-state index contributed by atoms with van der Waals surface area (Å²) < 4.78 is 37.8. The van der Waals surface area contributed by atoms with Crippen LogP contribution in [0.5, 0.6) is 11.5 Å². The van der Waals surface area contributed by atoms with Gasteiger partial charge in [-0.2, -0.15) is 0 Å². The molecule has 0 unspecified atom stereocenters. The molecule has 9 heteroatoms. The van der Waals surface area contributed by atoms with E-state index in [-0.39, 0.29) is 17.6 Å². The van der Waals surface area contributed by atoms with Crippen LogP contribution in [0.25, 0.3) is 0 Å². The minimum atomic E-state index is -3.64. The van der Waals surface area contributed by atoms with Crippen molar-refractivity contribution in [1.82, 2.24) is 14.9 Å². The molecule has 2 aromatic rings. The van der Waals surface area contributed by atoms with E-state index in [1.54, 1.807) is 18.2 Å². The molecule has 2 aliphatic rings. The van der Waals surface area contributed by atoms with Crippen molar-refractivity contribution in [2.75, 3.05) is 20.1 Å². The lowest BCUT2D eigenvalue weighted by Gasteiger charge is -2.27. The summed E-state index contributed by atoms with van der Waals surface area (Å²) in [6.45, 7) is 1.77. The Hall–Kier alpha value is -2.78. The van der Waals surface area contributed by atoms with Crippen molar-refractivity contribution in [1.29, 1.82) is 0 Å². The highest BCUT2D eigenvalue weighted by atomic mass is 32.2. The average molecular weight is 374 g/mol. The summed E-state index contributed by atoms with van der Waals surface area (Å²) in [4.78, 5) is 6.52. The highest BCUT2D eigenvalue weighted by Gasteiger charge is 2.20. The molecule has 26 heavy (non-hydrogen) atoms. The third-order valence-corrected chi connectivity index (χ3v) is 5.38. The van der Waals surface area contributed by atoms with Gasteiger partial charge < -0.3 is 14.8 Å². The molecule has 0 radical (unpaired) electrons. The molecule has 136 valence electrons. The van der Waals surface area contributed by atoms with Crippen molar-refractivity contribution in [3.8, 4) is 11.5 Å². The number of ether oxygens (including phenoxy) is 2. The molecule has 2 N–H and O–H groups in total. The number of nitrogens with one attached hydrogen (secondary N) is 2. The summed E-state index contributed by atoms with van der Waals surface area (Å²) in [5, 5.41) is 3.00. The second-order valence-electron chi connectivity index (χ2n) is 5.92. The maximum absolute atomic E-state index is 12.3. The van der Waals surface area contributed by atoms with Crippen LogP contribution in [-0.2, 0) is 16.6 Å². The largest absolute Gasteiger partial charge is 0.454 e. The molecule has 0 aliphatic carbocycles. The molecule has 2 heterocycles. The van der Waals surface area contributed by atoms with Crippen molar-refractivity contribution in [2.24, 2.45) is 4.99 Å². The zero-order valence-electron chi connectivity index (χ0n) is 13.9. The van der Waals surface area contributed by atoms with Crippen LogP contribution < -0.4 is 19.5 Å². The Labute approximate surface area is 151 Å². The molecule has 0 spiro atoms. The minimum absolute atomic E-state index is 0.201. The Balaban J connectivity index is 1.38. The lowest BCUT2D eigenvalue weighted by Crippen LogP contribution is -2.49. The molecule has 8 nitrogen and oxygen atoms in total. The fourth-order valence-corrected chi connectivity index (χ4v) is 3.75. The molecule has 4 rings (SSSR count). The van der Waals surface area contributed by atoms with Crippen LogP contribution in [-0.4, -0.2) is 39.4 Å². The summed E-state index contributed by atoms with van der Waals surface area (Å²) in [6.07, 6.45) is 0. The first-order valence-corrected chi connectivity index (χ1v) is 9.55. The molecular formula is C17H18N4O4S. The highest BCUT2D eigenvalue weighted by Crippen LogP contribution is 2.32. The topological polar surface area (TPSA) is 92.3 Å². The van der Waals surface area contributed by atoms with Crippen molar-refractivity contribution in [3.05, 3.63) is 54.1 Å². The summed E-state index contributed by atoms with van der Waals surface area (Å²) in [7, 11) is -3.64. The lowest BCUT2D eigenvalue weighted by molar-refractivity contribution is 0.174. The minimum Gasteiger partial charge on any atom is -0.454 e. The molecule has 0 saturated carbocycles. The van der Waals surface area contributed by atoms with Gasteiger partial charge in [0.05, 0.1) is 18.2 Å². The monoisotopic (exact) mass is 374 g/mol. The number of hydrogen-bond acceptors (Lipinski definition) is 7. The predicted octanol–water partition coefficient (Wildman–Crippen LogP) is 1.07. The number of guanidine groups is 1. The van der Waals surface area contributed by atoms with E-state index in [2.05, 4.69) is 15.0 Å². The van der Waals surface area contributed by atoms with E-state index in [9.17, 15) is 8.42 Å². The van der Waals surface area contributed by atoms with Gasteiger partial charge in [-0.05, 0) is 29.8 Å². The van der Waals surface area contributed by atoms with Crippen LogP contribution in [0.4, 0.5) is 0 Å². The third-order valence-electron chi connectivity index (χ3n) is 4.03. The second kappa shape index (κ2) is 6.85. The molecule has 0 atom stereocenters. The van der Waals surface area contributed by atoms with Crippen LogP contribution in [0.15, 0.2) is 58.4 Å². The zero-order valence-corrected chi connectivity index (χ0v) is 14.7. The summed E-state index contributed by atoms with van der Waals surface area (Å²) >= 11 is 0. The predicted molar refractivity (Wildman–Crippen MR) is 95.2 cm³/mol. The summed E-state index contributed by atoms with van der Waals surface area (Å²) in [5.41, 5.74) is 1.07. The van der Waals surface area contributed by atoms with E-state index < -0.39 is 10.0 Å². The van der Waals surface area contributed by atoms with Crippen LogP contribution in [0, 0.1) is 0 Å². The third kappa shape index (κ3) is 3.58. The molecule has 0 amide bonds. The van der Waals surface area contributed by atoms with Gasteiger partial charge in [-0.15, -0.1) is 0 Å². The first-order chi connectivity index (χ1) is 12.6. The standard InChI is InChI=1S/C17H18N4O4S/c22-26(23,14-4-2-1-3-5-14)20-17-18-10-21(11-19-17)9-13-6-7-15-16(8-13)25-12-24-15/h1-8H,9-12H2,(H2,18,19,20). The Morgan fingerprint density at radius 3 is 2.69 bits per heavy atom. The molecular weight excluding hydrogens is 356 g/mol. The number of hydrogen-bond donors (Lipinski definition) is 2. The van der Waals surface area contributed by atoms with Gasteiger partial charge in [0.15, 0.2) is 11.5 Å². The van der Waals surface area contributed by atoms with Crippen LogP contribution >= 0.6 is 0 Å².